The van der Waals surface area contributed by atoms with E-state index in [1.807, 2.05) is 37.3 Å². The van der Waals surface area contributed by atoms with Crippen LogP contribution >= 0.6 is 11.6 Å². The van der Waals surface area contributed by atoms with Crippen LogP contribution in [0, 0.1) is 6.92 Å². The summed E-state index contributed by atoms with van der Waals surface area (Å²) in [5.41, 5.74) is 1.52. The number of anilines is 1. The zero-order chi connectivity index (χ0) is 20.6. The van der Waals surface area contributed by atoms with Gasteiger partial charge < -0.3 is 10.0 Å². The molecule has 4 rings (SSSR count). The van der Waals surface area contributed by atoms with E-state index in [4.69, 9.17) is 11.6 Å². The number of Topliss-reactive ketones (excluding diaryl/α,β-unsaturated/α-hetero) is 1. The van der Waals surface area contributed by atoms with Gasteiger partial charge in [-0.15, -0.1) is 0 Å². The lowest BCUT2D eigenvalue weighted by Gasteiger charge is -2.23. The first-order chi connectivity index (χ1) is 13.9. The van der Waals surface area contributed by atoms with Crippen molar-refractivity contribution >= 4 is 29.0 Å². The lowest BCUT2D eigenvalue weighted by molar-refractivity contribution is -0.136. The van der Waals surface area contributed by atoms with E-state index >= 15 is 0 Å². The fraction of sp³-hybridized carbons (Fsp3) is 0.167. The normalized spacial score (nSPS) is 18.0. The fourth-order valence-electron chi connectivity index (χ4n) is 3.73. The van der Waals surface area contributed by atoms with Gasteiger partial charge in [0.2, 0.25) is 0 Å². The molecule has 0 fully saturated rings. The van der Waals surface area contributed by atoms with Gasteiger partial charge in [0.05, 0.1) is 18.7 Å². The smallest absolute Gasteiger partial charge is 0.264 e. The van der Waals surface area contributed by atoms with Crippen molar-refractivity contribution in [2.45, 2.75) is 25.5 Å². The molecule has 1 atom stereocenters. The number of hydrogen-bond donors (Lipinski definition) is 1. The van der Waals surface area contributed by atoms with Crippen molar-refractivity contribution in [3.05, 3.63) is 100 Å². The molecule has 4 nitrogen and oxygen atoms in total. The molecule has 1 aliphatic heterocycles. The van der Waals surface area contributed by atoms with Gasteiger partial charge in [-0.1, -0.05) is 71.8 Å². The van der Waals surface area contributed by atoms with Crippen molar-refractivity contribution in [2.24, 2.45) is 0 Å². The van der Waals surface area contributed by atoms with E-state index in [0.29, 0.717) is 21.8 Å². The molecule has 3 aromatic carbocycles. The highest BCUT2D eigenvalue weighted by molar-refractivity contribution is 6.30. The number of carbonyl (C=O) groups is 2. The number of para-hydroxylation sites is 1. The Morgan fingerprint density at radius 2 is 1.76 bits per heavy atom. The summed E-state index contributed by atoms with van der Waals surface area (Å²) in [7, 11) is 0. The van der Waals surface area contributed by atoms with Gasteiger partial charge in [-0.2, -0.15) is 0 Å². The molecule has 146 valence electrons. The van der Waals surface area contributed by atoms with Crippen LogP contribution < -0.4 is 4.90 Å². The number of ketones is 1. The summed E-state index contributed by atoms with van der Waals surface area (Å²) in [6.07, 6.45) is -0.308. The average molecular weight is 406 g/mol. The molecule has 0 aromatic heterocycles. The van der Waals surface area contributed by atoms with Crippen LogP contribution in [0.5, 0.6) is 0 Å². The number of nitrogens with zero attached hydrogens (tertiary/aromatic N) is 1. The van der Waals surface area contributed by atoms with Crippen LogP contribution in [0.3, 0.4) is 0 Å². The molecule has 1 N–H and O–H groups in total. The summed E-state index contributed by atoms with van der Waals surface area (Å²) in [6.45, 7) is 2.20. The number of benzene rings is 3. The molecule has 1 aliphatic rings. The minimum atomic E-state index is -1.89. The molecule has 0 saturated carbocycles. The Kier molecular flexibility index (Phi) is 4.99. The average Bonchev–Trinajstić information content (AvgIpc) is 2.91. The summed E-state index contributed by atoms with van der Waals surface area (Å²) >= 11 is 6.07. The second-order valence-corrected chi connectivity index (χ2v) is 7.80. The maximum atomic E-state index is 13.3. The van der Waals surface area contributed by atoms with E-state index < -0.39 is 11.5 Å². The molecule has 5 heteroatoms. The van der Waals surface area contributed by atoms with E-state index in [1.165, 1.54) is 4.90 Å². The maximum Gasteiger partial charge on any atom is 0.264 e. The van der Waals surface area contributed by atoms with Crippen LogP contribution in [-0.2, 0) is 16.9 Å². The molecule has 3 aromatic rings. The topological polar surface area (TPSA) is 57.6 Å². The van der Waals surface area contributed by atoms with E-state index in [1.54, 1.807) is 42.5 Å². The molecule has 0 spiro atoms. The Balaban J connectivity index is 1.67. The Morgan fingerprint density at radius 1 is 1.03 bits per heavy atom. The van der Waals surface area contributed by atoms with Gasteiger partial charge in [-0.3, -0.25) is 9.59 Å². The van der Waals surface area contributed by atoms with Crippen molar-refractivity contribution in [2.75, 3.05) is 4.90 Å². The molecular formula is C24H20ClNO3. The lowest BCUT2D eigenvalue weighted by atomic mass is 9.88. The van der Waals surface area contributed by atoms with Crippen molar-refractivity contribution in [1.82, 2.24) is 0 Å². The predicted molar refractivity (Wildman–Crippen MR) is 113 cm³/mol. The number of aliphatic hydroxyl groups is 1. The van der Waals surface area contributed by atoms with E-state index in [9.17, 15) is 14.7 Å². The maximum absolute atomic E-state index is 13.3. The van der Waals surface area contributed by atoms with E-state index in [2.05, 4.69) is 0 Å². The third kappa shape index (κ3) is 3.57. The Labute approximate surface area is 174 Å². The molecular weight excluding hydrogens is 386 g/mol. The van der Waals surface area contributed by atoms with Crippen LogP contribution in [0.25, 0.3) is 0 Å². The minimum Gasteiger partial charge on any atom is -0.375 e. The van der Waals surface area contributed by atoms with Gasteiger partial charge in [0.15, 0.2) is 11.4 Å². The van der Waals surface area contributed by atoms with Gasteiger partial charge in [-0.25, -0.2) is 0 Å². The largest absolute Gasteiger partial charge is 0.375 e. The molecule has 29 heavy (non-hydrogen) atoms. The molecule has 1 heterocycles. The lowest BCUT2D eigenvalue weighted by Crippen LogP contribution is -2.41. The zero-order valence-electron chi connectivity index (χ0n) is 15.9. The molecule has 0 bridgehead atoms. The number of carbonyl (C=O) groups excluding carboxylic acids is 2. The van der Waals surface area contributed by atoms with E-state index in [-0.39, 0.29) is 18.7 Å². The van der Waals surface area contributed by atoms with Gasteiger partial charge in [-0.05, 0) is 30.7 Å². The van der Waals surface area contributed by atoms with Crippen molar-refractivity contribution in [3.8, 4) is 0 Å². The summed E-state index contributed by atoms with van der Waals surface area (Å²) < 4.78 is 0. The minimum absolute atomic E-state index is 0.261. The van der Waals surface area contributed by atoms with Gasteiger partial charge in [0.25, 0.3) is 5.91 Å². The third-order valence-electron chi connectivity index (χ3n) is 5.26. The second-order valence-electron chi connectivity index (χ2n) is 7.36. The Morgan fingerprint density at radius 3 is 2.48 bits per heavy atom. The van der Waals surface area contributed by atoms with Gasteiger partial charge in [0.1, 0.15) is 0 Å². The van der Waals surface area contributed by atoms with Crippen LogP contribution in [-0.4, -0.2) is 16.8 Å². The van der Waals surface area contributed by atoms with Crippen LogP contribution in [0.1, 0.15) is 33.5 Å². The Hall–Kier alpha value is -2.95. The first kappa shape index (κ1) is 19.4. The van der Waals surface area contributed by atoms with Crippen molar-refractivity contribution < 1.29 is 14.7 Å². The van der Waals surface area contributed by atoms with Crippen LogP contribution in [0.15, 0.2) is 72.8 Å². The molecule has 0 radical (unpaired) electrons. The monoisotopic (exact) mass is 405 g/mol. The molecule has 1 amide bonds. The molecule has 0 aliphatic carbocycles. The highest BCUT2D eigenvalue weighted by Gasteiger charge is 2.50. The second kappa shape index (κ2) is 7.47. The molecule has 0 unspecified atom stereocenters. The fourth-order valence-corrected chi connectivity index (χ4v) is 3.94. The first-order valence-electron chi connectivity index (χ1n) is 9.37. The Bertz CT molecular complexity index is 1090. The first-order valence-corrected chi connectivity index (χ1v) is 9.74. The third-order valence-corrected chi connectivity index (χ3v) is 5.49. The number of fused-ring (bicyclic) bond motifs is 1. The van der Waals surface area contributed by atoms with Gasteiger partial charge >= 0.3 is 0 Å². The summed E-state index contributed by atoms with van der Waals surface area (Å²) in [4.78, 5) is 27.6. The zero-order valence-corrected chi connectivity index (χ0v) is 16.7. The predicted octanol–water partition coefficient (Wildman–Crippen LogP) is 4.66. The standard InChI is InChI=1S/C24H20ClNO3/c1-16-9-11-18(12-10-16)22(27)14-24(29)20-7-2-3-8-21(20)26(23(24)28)15-17-5-4-6-19(25)13-17/h2-13,29H,14-15H2,1H3/t24-/m1/s1. The quantitative estimate of drug-likeness (QED) is 0.628. The van der Waals surface area contributed by atoms with Crippen LogP contribution in [0.2, 0.25) is 5.02 Å². The summed E-state index contributed by atoms with van der Waals surface area (Å²) in [6, 6.07) is 21.4. The van der Waals surface area contributed by atoms with Crippen molar-refractivity contribution in [1.29, 1.82) is 0 Å². The highest BCUT2D eigenvalue weighted by atomic mass is 35.5. The number of aryl methyl sites for hydroxylation is 1. The van der Waals surface area contributed by atoms with Crippen molar-refractivity contribution in [3.63, 3.8) is 0 Å². The molecule has 0 saturated heterocycles. The number of rotatable bonds is 5. The summed E-state index contributed by atoms with van der Waals surface area (Å²) in [5.74, 6) is -0.778. The highest BCUT2D eigenvalue weighted by Crippen LogP contribution is 2.43. The summed E-state index contributed by atoms with van der Waals surface area (Å²) in [5, 5.41) is 11.9. The number of hydrogen-bond acceptors (Lipinski definition) is 3. The van der Waals surface area contributed by atoms with E-state index in [0.717, 1.165) is 11.1 Å². The number of amides is 1. The van der Waals surface area contributed by atoms with Crippen LogP contribution in [0.4, 0.5) is 5.69 Å². The SMILES string of the molecule is Cc1ccc(C(=O)C[C@]2(O)C(=O)N(Cc3cccc(Cl)c3)c3ccccc32)cc1. The number of halogens is 1. The van der Waals surface area contributed by atoms with Gasteiger partial charge in [0, 0.05) is 16.1 Å².